The quantitative estimate of drug-likeness (QED) is 0.888. The lowest BCUT2D eigenvalue weighted by Gasteiger charge is -2.12. The largest absolute Gasteiger partial charge is 0.309 e. The molecule has 0 saturated carbocycles. The predicted molar refractivity (Wildman–Crippen MR) is 73.6 cm³/mol. The second-order valence-electron chi connectivity index (χ2n) is 4.25. The summed E-state index contributed by atoms with van der Waals surface area (Å²) in [4.78, 5) is 4.37. The van der Waals surface area contributed by atoms with Crippen LogP contribution < -0.4 is 5.32 Å². The average molecular weight is 254 g/mol. The first kappa shape index (κ1) is 14.0. The van der Waals surface area contributed by atoms with Crippen molar-refractivity contribution >= 4 is 18.1 Å². The van der Waals surface area contributed by atoms with E-state index in [-0.39, 0.29) is 12.4 Å². The molecule has 0 radical (unpaired) electrons. The predicted octanol–water partition coefficient (Wildman–Crippen LogP) is 3.03. The number of fused-ring (bicyclic) bond motifs is 1. The van der Waals surface area contributed by atoms with Crippen LogP contribution in [-0.4, -0.2) is 15.4 Å². The third kappa shape index (κ3) is 3.45. The molecule has 1 N–H and O–H groups in total. The molecule has 94 valence electrons. The SMILES string of the molecule is CCCC(C)NCc1cnc2ccccn12.Cl. The van der Waals surface area contributed by atoms with Crippen molar-refractivity contribution in [3.05, 3.63) is 36.3 Å². The van der Waals surface area contributed by atoms with E-state index >= 15 is 0 Å². The number of hydrogen-bond acceptors (Lipinski definition) is 2. The van der Waals surface area contributed by atoms with E-state index in [0.717, 1.165) is 12.2 Å². The molecule has 2 aromatic heterocycles. The summed E-state index contributed by atoms with van der Waals surface area (Å²) in [6, 6.07) is 6.64. The van der Waals surface area contributed by atoms with Crippen LogP contribution in [0.1, 0.15) is 32.4 Å². The average Bonchev–Trinajstić information content (AvgIpc) is 2.70. The molecular weight excluding hydrogens is 234 g/mol. The molecule has 17 heavy (non-hydrogen) atoms. The van der Waals surface area contributed by atoms with Crippen molar-refractivity contribution in [2.24, 2.45) is 0 Å². The molecule has 0 aliphatic rings. The zero-order valence-electron chi connectivity index (χ0n) is 10.4. The number of rotatable bonds is 5. The Bertz CT molecular complexity index is 453. The number of nitrogens with zero attached hydrogens (tertiary/aromatic N) is 2. The van der Waals surface area contributed by atoms with Crippen LogP contribution in [0.25, 0.3) is 5.65 Å². The van der Waals surface area contributed by atoms with Gasteiger partial charge in [0.05, 0.1) is 11.9 Å². The minimum atomic E-state index is 0. The van der Waals surface area contributed by atoms with E-state index < -0.39 is 0 Å². The van der Waals surface area contributed by atoms with E-state index in [9.17, 15) is 0 Å². The molecule has 4 heteroatoms. The van der Waals surface area contributed by atoms with Crippen LogP contribution in [0.4, 0.5) is 0 Å². The zero-order chi connectivity index (χ0) is 11.4. The Morgan fingerprint density at radius 3 is 3.00 bits per heavy atom. The maximum Gasteiger partial charge on any atom is 0.136 e. The molecule has 0 amide bonds. The van der Waals surface area contributed by atoms with Gasteiger partial charge in [-0.25, -0.2) is 4.98 Å². The van der Waals surface area contributed by atoms with Crippen LogP contribution in [0.15, 0.2) is 30.6 Å². The Kier molecular flexibility index (Phi) is 5.45. The molecule has 2 heterocycles. The first-order valence-corrected chi connectivity index (χ1v) is 5.95. The fraction of sp³-hybridized carbons (Fsp3) is 0.462. The summed E-state index contributed by atoms with van der Waals surface area (Å²) in [6.07, 6.45) is 6.45. The van der Waals surface area contributed by atoms with Crippen LogP contribution in [0, 0.1) is 0 Å². The van der Waals surface area contributed by atoms with Crippen LogP contribution >= 0.6 is 12.4 Å². The topological polar surface area (TPSA) is 29.3 Å². The van der Waals surface area contributed by atoms with Crippen LogP contribution in [0.3, 0.4) is 0 Å². The van der Waals surface area contributed by atoms with Crippen molar-refractivity contribution < 1.29 is 0 Å². The summed E-state index contributed by atoms with van der Waals surface area (Å²) in [7, 11) is 0. The fourth-order valence-electron chi connectivity index (χ4n) is 1.93. The summed E-state index contributed by atoms with van der Waals surface area (Å²) < 4.78 is 2.13. The van der Waals surface area contributed by atoms with Crippen molar-refractivity contribution in [2.45, 2.75) is 39.3 Å². The van der Waals surface area contributed by atoms with Gasteiger partial charge in [0.2, 0.25) is 0 Å². The summed E-state index contributed by atoms with van der Waals surface area (Å²) in [5.74, 6) is 0. The smallest absolute Gasteiger partial charge is 0.136 e. The highest BCUT2D eigenvalue weighted by Crippen LogP contribution is 2.06. The second kappa shape index (κ2) is 6.62. The van der Waals surface area contributed by atoms with E-state index in [1.807, 2.05) is 24.4 Å². The van der Waals surface area contributed by atoms with E-state index in [0.29, 0.717) is 6.04 Å². The van der Waals surface area contributed by atoms with Gasteiger partial charge in [-0.1, -0.05) is 19.4 Å². The van der Waals surface area contributed by atoms with Gasteiger partial charge in [-0.2, -0.15) is 0 Å². The monoisotopic (exact) mass is 253 g/mol. The molecule has 2 rings (SSSR count). The lowest BCUT2D eigenvalue weighted by Crippen LogP contribution is -2.25. The standard InChI is InChI=1S/C13H19N3.ClH/c1-3-6-11(2)14-9-12-10-15-13-7-4-5-8-16(12)13;/h4-5,7-8,10-11,14H,3,6,9H2,1-2H3;1H. The Hall–Kier alpha value is -1.06. The maximum atomic E-state index is 4.37. The number of halogens is 1. The summed E-state index contributed by atoms with van der Waals surface area (Å²) in [5, 5.41) is 3.52. The van der Waals surface area contributed by atoms with Gasteiger partial charge in [0, 0.05) is 18.8 Å². The molecule has 0 aliphatic carbocycles. The van der Waals surface area contributed by atoms with Gasteiger partial charge in [-0.05, 0) is 25.5 Å². The van der Waals surface area contributed by atoms with E-state index in [4.69, 9.17) is 0 Å². The van der Waals surface area contributed by atoms with Gasteiger partial charge in [0.1, 0.15) is 5.65 Å². The first-order chi connectivity index (χ1) is 7.81. The highest BCUT2D eigenvalue weighted by atomic mass is 35.5. The summed E-state index contributed by atoms with van der Waals surface area (Å²) in [6.45, 7) is 5.32. The number of imidazole rings is 1. The molecular formula is C13H20ClN3. The van der Waals surface area contributed by atoms with Gasteiger partial charge in [0.15, 0.2) is 0 Å². The molecule has 0 bridgehead atoms. The Morgan fingerprint density at radius 2 is 2.24 bits per heavy atom. The highest BCUT2D eigenvalue weighted by Gasteiger charge is 2.04. The number of nitrogens with one attached hydrogen (secondary N) is 1. The van der Waals surface area contributed by atoms with Crippen molar-refractivity contribution in [1.82, 2.24) is 14.7 Å². The van der Waals surface area contributed by atoms with Gasteiger partial charge in [0.25, 0.3) is 0 Å². The molecule has 0 saturated heterocycles. The van der Waals surface area contributed by atoms with Crippen LogP contribution in [-0.2, 0) is 6.54 Å². The second-order valence-corrected chi connectivity index (χ2v) is 4.25. The highest BCUT2D eigenvalue weighted by molar-refractivity contribution is 5.85. The molecule has 1 atom stereocenters. The van der Waals surface area contributed by atoms with Crippen molar-refractivity contribution in [1.29, 1.82) is 0 Å². The molecule has 2 aromatic rings. The van der Waals surface area contributed by atoms with Gasteiger partial charge in [-0.15, -0.1) is 12.4 Å². The third-order valence-corrected chi connectivity index (χ3v) is 2.85. The Labute approximate surface area is 109 Å². The van der Waals surface area contributed by atoms with Crippen LogP contribution in [0.2, 0.25) is 0 Å². The third-order valence-electron chi connectivity index (χ3n) is 2.85. The normalized spacial score (nSPS) is 12.4. The first-order valence-electron chi connectivity index (χ1n) is 5.95. The summed E-state index contributed by atoms with van der Waals surface area (Å²) in [5.41, 5.74) is 2.24. The number of aromatic nitrogens is 2. The van der Waals surface area contributed by atoms with Gasteiger partial charge in [-0.3, -0.25) is 0 Å². The summed E-state index contributed by atoms with van der Waals surface area (Å²) >= 11 is 0. The maximum absolute atomic E-state index is 4.37. The van der Waals surface area contributed by atoms with Crippen molar-refractivity contribution in [2.75, 3.05) is 0 Å². The van der Waals surface area contributed by atoms with Crippen molar-refractivity contribution in [3.63, 3.8) is 0 Å². The lowest BCUT2D eigenvalue weighted by molar-refractivity contribution is 0.503. The molecule has 0 fully saturated rings. The number of pyridine rings is 1. The molecule has 0 aliphatic heterocycles. The number of hydrogen-bond donors (Lipinski definition) is 1. The molecule has 3 nitrogen and oxygen atoms in total. The van der Waals surface area contributed by atoms with Gasteiger partial charge < -0.3 is 9.72 Å². The van der Waals surface area contributed by atoms with Gasteiger partial charge >= 0.3 is 0 Å². The van der Waals surface area contributed by atoms with E-state index in [2.05, 4.69) is 34.7 Å². The lowest BCUT2D eigenvalue weighted by atomic mass is 10.2. The molecule has 1 unspecified atom stereocenters. The minimum absolute atomic E-state index is 0. The minimum Gasteiger partial charge on any atom is -0.309 e. The zero-order valence-corrected chi connectivity index (χ0v) is 11.2. The molecule has 0 spiro atoms. The van der Waals surface area contributed by atoms with Crippen molar-refractivity contribution in [3.8, 4) is 0 Å². The van der Waals surface area contributed by atoms with E-state index in [1.54, 1.807) is 0 Å². The fourth-order valence-corrected chi connectivity index (χ4v) is 1.93. The van der Waals surface area contributed by atoms with E-state index in [1.165, 1.54) is 18.5 Å². The Balaban J connectivity index is 0.00000144. The van der Waals surface area contributed by atoms with Crippen LogP contribution in [0.5, 0.6) is 0 Å². The molecule has 0 aromatic carbocycles. The Morgan fingerprint density at radius 1 is 1.41 bits per heavy atom.